The van der Waals surface area contributed by atoms with Crippen LogP contribution < -0.4 is 5.32 Å². The predicted molar refractivity (Wildman–Crippen MR) is 116 cm³/mol. The molecule has 170 valence electrons. The molecule has 1 aromatic rings. The first kappa shape index (κ1) is 21.8. The lowest BCUT2D eigenvalue weighted by molar-refractivity contribution is -0.133. The predicted octanol–water partition coefficient (Wildman–Crippen LogP) is 0.954. The Hall–Kier alpha value is -2.42. The number of rotatable bonds is 3. The molecule has 3 aliphatic rings. The highest BCUT2D eigenvalue weighted by Gasteiger charge is 2.47. The molecule has 3 amide bonds. The largest absolute Gasteiger partial charge is 0.351 e. The monoisotopic (exact) mass is 430 g/mol. The Kier molecular flexibility index (Phi) is 6.05. The average Bonchev–Trinajstić information content (AvgIpc) is 3.00. The highest BCUT2D eigenvalue weighted by atomic mass is 16.2. The summed E-state index contributed by atoms with van der Waals surface area (Å²) in [6, 6.07) is 1.73. The van der Waals surface area contributed by atoms with Crippen molar-refractivity contribution in [3.63, 3.8) is 0 Å². The SMILES string of the molecule is CN1CCN(C(=O)c2cc3n(n2)C[C@](C)(C(=O)NC2CCCCCC2)N(C)C3=O)CC1. The fourth-order valence-corrected chi connectivity index (χ4v) is 4.77. The second kappa shape index (κ2) is 8.61. The zero-order valence-corrected chi connectivity index (χ0v) is 18.9. The first-order chi connectivity index (χ1) is 14.8. The van der Waals surface area contributed by atoms with Crippen molar-refractivity contribution < 1.29 is 14.4 Å². The van der Waals surface area contributed by atoms with Crippen molar-refractivity contribution in [3.05, 3.63) is 17.5 Å². The summed E-state index contributed by atoms with van der Waals surface area (Å²) < 4.78 is 1.54. The van der Waals surface area contributed by atoms with E-state index in [2.05, 4.69) is 15.3 Å². The molecule has 0 unspecified atom stereocenters. The second-order valence-electron chi connectivity index (χ2n) is 9.47. The van der Waals surface area contributed by atoms with Crippen LogP contribution in [0, 0.1) is 0 Å². The van der Waals surface area contributed by atoms with Gasteiger partial charge in [-0.2, -0.15) is 5.10 Å². The fraction of sp³-hybridized carbons (Fsp3) is 0.727. The van der Waals surface area contributed by atoms with Crippen molar-refractivity contribution in [1.29, 1.82) is 0 Å². The normalized spacial score (nSPS) is 25.8. The van der Waals surface area contributed by atoms with Gasteiger partial charge in [-0.1, -0.05) is 25.7 Å². The van der Waals surface area contributed by atoms with Gasteiger partial charge < -0.3 is 20.0 Å². The van der Waals surface area contributed by atoms with Crippen LogP contribution in [0.3, 0.4) is 0 Å². The molecule has 31 heavy (non-hydrogen) atoms. The Morgan fingerprint density at radius 1 is 1.06 bits per heavy atom. The van der Waals surface area contributed by atoms with Crippen molar-refractivity contribution in [1.82, 2.24) is 29.8 Å². The molecule has 1 N–H and O–H groups in total. The van der Waals surface area contributed by atoms with Gasteiger partial charge in [-0.15, -0.1) is 0 Å². The Morgan fingerprint density at radius 2 is 1.71 bits per heavy atom. The number of likely N-dealkylation sites (N-methyl/N-ethyl adjacent to an activating group) is 2. The summed E-state index contributed by atoms with van der Waals surface area (Å²) >= 11 is 0. The number of hydrogen-bond donors (Lipinski definition) is 1. The molecule has 1 aliphatic carbocycles. The molecule has 1 atom stereocenters. The number of aromatic nitrogens is 2. The Bertz CT molecular complexity index is 851. The Labute approximate surface area is 183 Å². The van der Waals surface area contributed by atoms with Gasteiger partial charge in [-0.05, 0) is 26.8 Å². The van der Waals surface area contributed by atoms with E-state index in [1.807, 2.05) is 7.05 Å². The standard InChI is InChI=1S/C22H34N6O3/c1-22(21(31)23-16-8-6-4-5-7-9-16)15-28-18(20(30)26(22)3)14-17(24-28)19(29)27-12-10-25(2)11-13-27/h14,16H,4-13,15H2,1-3H3,(H,23,31)/t22-/m1/s1. The number of nitrogens with one attached hydrogen (secondary N) is 1. The van der Waals surface area contributed by atoms with E-state index >= 15 is 0 Å². The van der Waals surface area contributed by atoms with Crippen LogP contribution in [-0.2, 0) is 11.3 Å². The molecular formula is C22H34N6O3. The number of piperazine rings is 1. The van der Waals surface area contributed by atoms with Gasteiger partial charge >= 0.3 is 0 Å². The maximum absolute atomic E-state index is 13.3. The van der Waals surface area contributed by atoms with Crippen molar-refractivity contribution in [2.75, 3.05) is 40.3 Å². The highest BCUT2D eigenvalue weighted by Crippen LogP contribution is 2.27. The maximum atomic E-state index is 13.3. The number of carbonyl (C=O) groups is 3. The highest BCUT2D eigenvalue weighted by molar-refractivity contribution is 6.01. The van der Waals surface area contributed by atoms with E-state index in [0.29, 0.717) is 18.8 Å². The van der Waals surface area contributed by atoms with Gasteiger partial charge in [0.25, 0.3) is 11.8 Å². The van der Waals surface area contributed by atoms with E-state index in [1.54, 1.807) is 24.9 Å². The lowest BCUT2D eigenvalue weighted by Gasteiger charge is -2.41. The van der Waals surface area contributed by atoms with Gasteiger partial charge in [0.2, 0.25) is 5.91 Å². The molecule has 2 aliphatic heterocycles. The van der Waals surface area contributed by atoms with E-state index < -0.39 is 5.54 Å². The summed E-state index contributed by atoms with van der Waals surface area (Å²) in [7, 11) is 3.69. The molecule has 0 spiro atoms. The minimum atomic E-state index is -1.05. The van der Waals surface area contributed by atoms with Gasteiger partial charge in [-0.25, -0.2) is 0 Å². The molecule has 9 nitrogen and oxygen atoms in total. The fourth-order valence-electron chi connectivity index (χ4n) is 4.77. The molecule has 1 aromatic heterocycles. The number of hydrogen-bond acceptors (Lipinski definition) is 5. The van der Waals surface area contributed by atoms with Crippen LogP contribution >= 0.6 is 0 Å². The number of fused-ring (bicyclic) bond motifs is 1. The molecule has 1 saturated carbocycles. The molecule has 0 bridgehead atoms. The van der Waals surface area contributed by atoms with Gasteiger partial charge in [0.1, 0.15) is 11.2 Å². The molecule has 0 radical (unpaired) electrons. The van der Waals surface area contributed by atoms with E-state index in [4.69, 9.17) is 0 Å². The Balaban J connectivity index is 1.51. The number of nitrogens with zero attached hydrogens (tertiary/aromatic N) is 5. The first-order valence-electron chi connectivity index (χ1n) is 11.4. The van der Waals surface area contributed by atoms with E-state index in [-0.39, 0.29) is 36.0 Å². The molecular weight excluding hydrogens is 396 g/mol. The average molecular weight is 431 g/mol. The number of amides is 3. The topological polar surface area (TPSA) is 90.8 Å². The molecule has 0 aromatic carbocycles. The summed E-state index contributed by atoms with van der Waals surface area (Å²) in [4.78, 5) is 44.7. The minimum absolute atomic E-state index is 0.150. The van der Waals surface area contributed by atoms with Crippen molar-refractivity contribution in [2.45, 2.75) is 63.6 Å². The summed E-state index contributed by atoms with van der Waals surface area (Å²) in [5, 5.41) is 7.64. The van der Waals surface area contributed by atoms with Crippen LogP contribution in [0.5, 0.6) is 0 Å². The van der Waals surface area contributed by atoms with Crippen LogP contribution in [0.15, 0.2) is 6.07 Å². The van der Waals surface area contributed by atoms with Crippen LogP contribution in [-0.4, -0.2) is 94.1 Å². The van der Waals surface area contributed by atoms with E-state index in [9.17, 15) is 14.4 Å². The van der Waals surface area contributed by atoms with Crippen molar-refractivity contribution in [3.8, 4) is 0 Å². The van der Waals surface area contributed by atoms with E-state index in [0.717, 1.165) is 38.8 Å². The smallest absolute Gasteiger partial charge is 0.274 e. The molecule has 2 fully saturated rings. The van der Waals surface area contributed by atoms with Crippen LogP contribution in [0.25, 0.3) is 0 Å². The van der Waals surface area contributed by atoms with Gasteiger partial charge in [-0.3, -0.25) is 19.1 Å². The third kappa shape index (κ3) is 4.20. The summed E-state index contributed by atoms with van der Waals surface area (Å²) in [6.07, 6.45) is 6.63. The quantitative estimate of drug-likeness (QED) is 0.721. The summed E-state index contributed by atoms with van der Waals surface area (Å²) in [5.74, 6) is -0.590. The first-order valence-corrected chi connectivity index (χ1v) is 11.4. The maximum Gasteiger partial charge on any atom is 0.274 e. The Morgan fingerprint density at radius 3 is 2.35 bits per heavy atom. The van der Waals surface area contributed by atoms with Crippen LogP contribution in [0.4, 0.5) is 0 Å². The zero-order valence-electron chi connectivity index (χ0n) is 18.9. The molecule has 9 heteroatoms. The molecule has 4 rings (SSSR count). The second-order valence-corrected chi connectivity index (χ2v) is 9.47. The molecule has 1 saturated heterocycles. The summed E-state index contributed by atoms with van der Waals surface area (Å²) in [5.41, 5.74) is -0.411. The lowest BCUT2D eigenvalue weighted by Crippen LogP contribution is -2.63. The van der Waals surface area contributed by atoms with Crippen molar-refractivity contribution in [2.24, 2.45) is 0 Å². The number of carbonyl (C=O) groups excluding carboxylic acids is 3. The van der Waals surface area contributed by atoms with Gasteiger partial charge in [0.05, 0.1) is 6.54 Å². The van der Waals surface area contributed by atoms with Gasteiger partial charge in [0, 0.05) is 45.3 Å². The van der Waals surface area contributed by atoms with Crippen LogP contribution in [0.2, 0.25) is 0 Å². The van der Waals surface area contributed by atoms with Crippen LogP contribution in [0.1, 0.15) is 66.4 Å². The lowest BCUT2D eigenvalue weighted by atomic mass is 9.95. The van der Waals surface area contributed by atoms with E-state index in [1.165, 1.54) is 22.4 Å². The third-order valence-electron chi connectivity index (χ3n) is 7.19. The minimum Gasteiger partial charge on any atom is -0.351 e. The van der Waals surface area contributed by atoms with Crippen molar-refractivity contribution >= 4 is 17.7 Å². The van der Waals surface area contributed by atoms with Gasteiger partial charge in [0.15, 0.2) is 5.69 Å². The summed E-state index contributed by atoms with van der Waals surface area (Å²) in [6.45, 7) is 4.95. The zero-order chi connectivity index (χ0) is 22.2. The third-order valence-corrected chi connectivity index (χ3v) is 7.19. The molecule has 3 heterocycles.